The lowest BCUT2D eigenvalue weighted by molar-refractivity contribution is -0.118. The Morgan fingerprint density at radius 3 is 3.00 bits per heavy atom. The summed E-state index contributed by atoms with van der Waals surface area (Å²) in [7, 11) is 0. The number of carbonyl (C=O) groups is 1. The van der Waals surface area contributed by atoms with Crippen LogP contribution >= 0.6 is 0 Å². The number of ketones is 1. The van der Waals surface area contributed by atoms with Crippen molar-refractivity contribution in [3.8, 4) is 0 Å². The van der Waals surface area contributed by atoms with Gasteiger partial charge in [-0.3, -0.25) is 9.69 Å². The van der Waals surface area contributed by atoms with Crippen molar-refractivity contribution in [2.75, 3.05) is 6.54 Å². The predicted octanol–water partition coefficient (Wildman–Crippen LogP) is 1.32. The van der Waals surface area contributed by atoms with E-state index in [0.29, 0.717) is 12.5 Å². The fourth-order valence-electron chi connectivity index (χ4n) is 2.25. The van der Waals surface area contributed by atoms with Crippen LogP contribution in [0.2, 0.25) is 0 Å². The molecule has 5 nitrogen and oxygen atoms in total. The van der Waals surface area contributed by atoms with Crippen LogP contribution in [0.3, 0.4) is 0 Å². The molecule has 0 bridgehead atoms. The molecule has 5 heteroatoms. The second-order valence-electron chi connectivity index (χ2n) is 4.47. The van der Waals surface area contributed by atoms with Gasteiger partial charge >= 0.3 is 0 Å². The molecule has 16 heavy (non-hydrogen) atoms. The minimum absolute atomic E-state index is 0.256. The number of aryl methyl sites for hydroxylation is 1. The highest BCUT2D eigenvalue weighted by molar-refractivity contribution is 5.76. The average Bonchev–Trinajstić information content (AvgIpc) is 2.78. The Morgan fingerprint density at radius 2 is 2.38 bits per heavy atom. The van der Waals surface area contributed by atoms with E-state index in [0.717, 1.165) is 37.3 Å². The molecule has 2 rings (SSSR count). The standard InChI is InChI=1S/C11H17N3O2/c1-8(15)6-10-4-3-5-14(10)7-11-9(2)12-16-13-11/h10H,3-7H2,1-2H3. The van der Waals surface area contributed by atoms with E-state index >= 15 is 0 Å². The molecular weight excluding hydrogens is 206 g/mol. The minimum atomic E-state index is 0.256. The molecule has 0 saturated carbocycles. The maximum absolute atomic E-state index is 11.1. The third-order valence-electron chi connectivity index (χ3n) is 3.12. The molecule has 0 radical (unpaired) electrons. The number of rotatable bonds is 4. The second-order valence-corrected chi connectivity index (χ2v) is 4.47. The van der Waals surface area contributed by atoms with Crippen molar-refractivity contribution in [3.63, 3.8) is 0 Å². The fraction of sp³-hybridized carbons (Fsp3) is 0.727. The highest BCUT2D eigenvalue weighted by Gasteiger charge is 2.26. The molecular formula is C11H17N3O2. The van der Waals surface area contributed by atoms with E-state index in [1.807, 2.05) is 6.92 Å². The monoisotopic (exact) mass is 223 g/mol. The lowest BCUT2D eigenvalue weighted by Gasteiger charge is -2.22. The Kier molecular flexibility index (Phi) is 3.33. The van der Waals surface area contributed by atoms with Crippen LogP contribution in [0.4, 0.5) is 0 Å². The molecule has 0 aromatic carbocycles. The van der Waals surface area contributed by atoms with Gasteiger partial charge in [-0.1, -0.05) is 10.3 Å². The molecule has 1 aliphatic heterocycles. The first-order chi connectivity index (χ1) is 7.66. The highest BCUT2D eigenvalue weighted by Crippen LogP contribution is 2.22. The maximum atomic E-state index is 11.1. The van der Waals surface area contributed by atoms with Crippen molar-refractivity contribution >= 4 is 5.78 Å². The van der Waals surface area contributed by atoms with E-state index in [2.05, 4.69) is 19.8 Å². The number of nitrogens with zero attached hydrogens (tertiary/aromatic N) is 3. The van der Waals surface area contributed by atoms with Gasteiger partial charge in [0, 0.05) is 19.0 Å². The van der Waals surface area contributed by atoms with Gasteiger partial charge in [0.1, 0.15) is 17.2 Å². The zero-order chi connectivity index (χ0) is 11.5. The average molecular weight is 223 g/mol. The van der Waals surface area contributed by atoms with Crippen molar-refractivity contribution in [3.05, 3.63) is 11.4 Å². The van der Waals surface area contributed by atoms with Crippen molar-refractivity contribution in [2.24, 2.45) is 0 Å². The summed E-state index contributed by atoms with van der Waals surface area (Å²) in [4.78, 5) is 13.4. The Bertz CT molecular complexity index is 375. The molecule has 0 N–H and O–H groups in total. The van der Waals surface area contributed by atoms with Gasteiger partial charge in [0.25, 0.3) is 0 Å². The van der Waals surface area contributed by atoms with E-state index in [1.165, 1.54) is 0 Å². The SMILES string of the molecule is CC(=O)CC1CCCN1Cc1nonc1C. The zero-order valence-corrected chi connectivity index (χ0v) is 9.77. The minimum Gasteiger partial charge on any atom is -0.300 e. The molecule has 1 aromatic rings. The summed E-state index contributed by atoms with van der Waals surface area (Å²) in [5, 5.41) is 7.65. The topological polar surface area (TPSA) is 59.2 Å². The van der Waals surface area contributed by atoms with Gasteiger partial charge < -0.3 is 0 Å². The van der Waals surface area contributed by atoms with Crippen molar-refractivity contribution in [1.29, 1.82) is 0 Å². The van der Waals surface area contributed by atoms with Crippen LogP contribution < -0.4 is 0 Å². The number of carbonyl (C=O) groups excluding carboxylic acids is 1. The van der Waals surface area contributed by atoms with Crippen molar-refractivity contribution in [1.82, 2.24) is 15.2 Å². The van der Waals surface area contributed by atoms with Crippen LogP contribution in [0.25, 0.3) is 0 Å². The van der Waals surface area contributed by atoms with Crippen LogP contribution in [0, 0.1) is 6.92 Å². The van der Waals surface area contributed by atoms with Crippen LogP contribution in [0.1, 0.15) is 37.6 Å². The number of likely N-dealkylation sites (tertiary alicyclic amines) is 1. The van der Waals surface area contributed by atoms with Gasteiger partial charge in [0.2, 0.25) is 0 Å². The molecule has 0 spiro atoms. The maximum Gasteiger partial charge on any atom is 0.131 e. The second kappa shape index (κ2) is 4.74. The number of Topliss-reactive ketones (excluding diaryl/α,β-unsaturated/α-hetero) is 1. The van der Waals surface area contributed by atoms with E-state index in [1.54, 1.807) is 6.92 Å². The van der Waals surface area contributed by atoms with Gasteiger partial charge in [-0.05, 0) is 33.2 Å². The van der Waals surface area contributed by atoms with Gasteiger partial charge in [-0.15, -0.1) is 0 Å². The van der Waals surface area contributed by atoms with Crippen molar-refractivity contribution < 1.29 is 9.42 Å². The molecule has 1 unspecified atom stereocenters. The molecule has 1 aromatic heterocycles. The van der Waals surface area contributed by atoms with Gasteiger partial charge in [0.15, 0.2) is 0 Å². The third kappa shape index (κ3) is 2.47. The Balaban J connectivity index is 1.98. The molecule has 88 valence electrons. The Morgan fingerprint density at radius 1 is 1.56 bits per heavy atom. The summed E-state index contributed by atoms with van der Waals surface area (Å²) in [5.41, 5.74) is 1.73. The predicted molar refractivity (Wildman–Crippen MR) is 57.8 cm³/mol. The van der Waals surface area contributed by atoms with E-state index in [4.69, 9.17) is 0 Å². The summed E-state index contributed by atoms with van der Waals surface area (Å²) in [6, 6.07) is 0.369. The van der Waals surface area contributed by atoms with Crippen LogP contribution in [0.15, 0.2) is 4.63 Å². The molecule has 1 atom stereocenters. The summed E-state index contributed by atoms with van der Waals surface area (Å²) in [5.74, 6) is 0.256. The van der Waals surface area contributed by atoms with Crippen LogP contribution in [0.5, 0.6) is 0 Å². The van der Waals surface area contributed by atoms with Crippen molar-refractivity contribution in [2.45, 2.75) is 45.7 Å². The highest BCUT2D eigenvalue weighted by atomic mass is 16.6. The summed E-state index contributed by atoms with van der Waals surface area (Å²) < 4.78 is 4.68. The smallest absolute Gasteiger partial charge is 0.131 e. The molecule has 1 aliphatic rings. The van der Waals surface area contributed by atoms with E-state index in [9.17, 15) is 4.79 Å². The zero-order valence-electron chi connectivity index (χ0n) is 9.77. The first kappa shape index (κ1) is 11.3. The lowest BCUT2D eigenvalue weighted by Crippen LogP contribution is -2.30. The first-order valence-corrected chi connectivity index (χ1v) is 5.68. The molecule has 1 saturated heterocycles. The summed E-state index contributed by atoms with van der Waals surface area (Å²) >= 11 is 0. The van der Waals surface area contributed by atoms with Crippen LogP contribution in [-0.2, 0) is 11.3 Å². The summed E-state index contributed by atoms with van der Waals surface area (Å²) in [6.07, 6.45) is 2.90. The molecule has 0 amide bonds. The molecule has 2 heterocycles. The van der Waals surface area contributed by atoms with E-state index < -0.39 is 0 Å². The van der Waals surface area contributed by atoms with Gasteiger partial charge in [-0.2, -0.15) is 0 Å². The fourth-order valence-corrected chi connectivity index (χ4v) is 2.25. The first-order valence-electron chi connectivity index (χ1n) is 5.68. The summed E-state index contributed by atoms with van der Waals surface area (Å²) in [6.45, 7) is 5.32. The quantitative estimate of drug-likeness (QED) is 0.770. The molecule has 1 fully saturated rings. The normalized spacial score (nSPS) is 21.5. The lowest BCUT2D eigenvalue weighted by atomic mass is 10.1. The molecule has 0 aliphatic carbocycles. The van der Waals surface area contributed by atoms with Gasteiger partial charge in [0.05, 0.1) is 0 Å². The number of aromatic nitrogens is 2. The third-order valence-corrected chi connectivity index (χ3v) is 3.12. The van der Waals surface area contributed by atoms with Gasteiger partial charge in [-0.25, -0.2) is 4.63 Å². The van der Waals surface area contributed by atoms with E-state index in [-0.39, 0.29) is 5.78 Å². The van der Waals surface area contributed by atoms with Crippen LogP contribution in [-0.4, -0.2) is 33.6 Å². The number of hydrogen-bond donors (Lipinski definition) is 0. The largest absolute Gasteiger partial charge is 0.300 e. The Hall–Kier alpha value is -1.23. The Labute approximate surface area is 94.8 Å². The number of hydrogen-bond acceptors (Lipinski definition) is 5.